The minimum Gasteiger partial charge on any atom is -0.340 e. The molecule has 5 heteroatoms. The lowest BCUT2D eigenvalue weighted by Crippen LogP contribution is -2.48. The minimum absolute atomic E-state index is 0.189. The van der Waals surface area contributed by atoms with Gasteiger partial charge < -0.3 is 5.32 Å². The fraction of sp³-hybridized carbons (Fsp3) is 0.577. The van der Waals surface area contributed by atoms with E-state index in [1.165, 1.54) is 31.8 Å². The zero-order chi connectivity index (χ0) is 23.2. The maximum atomic E-state index is 12.7. The van der Waals surface area contributed by atoms with Gasteiger partial charge in [-0.15, -0.1) is 0 Å². The predicted molar refractivity (Wildman–Crippen MR) is 127 cm³/mol. The summed E-state index contributed by atoms with van der Waals surface area (Å²) < 4.78 is 0. The highest BCUT2D eigenvalue weighted by Gasteiger charge is 2.23. The highest BCUT2D eigenvalue weighted by atomic mass is 16.2. The smallest absolute Gasteiger partial charge is 0.251 e. The van der Waals surface area contributed by atoms with Gasteiger partial charge in [0.15, 0.2) is 0 Å². The second-order valence-corrected chi connectivity index (χ2v) is 8.84. The minimum atomic E-state index is -0.760. The second kappa shape index (κ2) is 14.6. The quantitative estimate of drug-likeness (QED) is 0.326. The number of unbranched alkanes of at least 4 members (excludes halogenated alkanes) is 6. The number of nitrogens with one attached hydrogen (secondary N) is 2. The van der Waals surface area contributed by atoms with Crippen LogP contribution in [0.15, 0.2) is 30.4 Å². The van der Waals surface area contributed by atoms with Gasteiger partial charge in [0, 0.05) is 5.56 Å². The molecular formula is C26H40N2O3. The van der Waals surface area contributed by atoms with Gasteiger partial charge in [0.05, 0.1) is 0 Å². The summed E-state index contributed by atoms with van der Waals surface area (Å²) in [4.78, 5) is 37.5. The Balaban J connectivity index is 2.58. The SMILES string of the molecule is CCCCCCCCC=CC(=O)NC(=O)[C@H](CC(C)C)NC(=O)c1cc(C)cc(C)c1. The van der Waals surface area contributed by atoms with E-state index >= 15 is 0 Å². The van der Waals surface area contributed by atoms with Crippen molar-refractivity contribution in [2.24, 2.45) is 5.92 Å². The number of aryl methyl sites for hydroxylation is 2. The Labute approximate surface area is 188 Å². The van der Waals surface area contributed by atoms with E-state index in [0.717, 1.165) is 30.4 Å². The van der Waals surface area contributed by atoms with Crippen LogP contribution in [0.4, 0.5) is 0 Å². The van der Waals surface area contributed by atoms with Crippen molar-refractivity contribution in [3.8, 4) is 0 Å². The van der Waals surface area contributed by atoms with Crippen LogP contribution in [-0.4, -0.2) is 23.8 Å². The monoisotopic (exact) mass is 428 g/mol. The molecule has 0 aliphatic carbocycles. The van der Waals surface area contributed by atoms with E-state index in [-0.39, 0.29) is 11.8 Å². The average molecular weight is 429 g/mol. The maximum Gasteiger partial charge on any atom is 0.251 e. The van der Waals surface area contributed by atoms with Crippen LogP contribution in [-0.2, 0) is 9.59 Å². The van der Waals surface area contributed by atoms with Gasteiger partial charge in [-0.05, 0) is 57.2 Å². The summed E-state index contributed by atoms with van der Waals surface area (Å²) in [6.07, 6.45) is 11.7. The molecule has 0 aromatic heterocycles. The Morgan fingerprint density at radius 1 is 0.935 bits per heavy atom. The molecule has 3 amide bonds. The molecule has 1 atom stereocenters. The molecule has 0 heterocycles. The van der Waals surface area contributed by atoms with Crippen LogP contribution >= 0.6 is 0 Å². The van der Waals surface area contributed by atoms with Gasteiger partial charge in [0.25, 0.3) is 5.91 Å². The summed E-state index contributed by atoms with van der Waals surface area (Å²) in [6.45, 7) is 10.0. The van der Waals surface area contributed by atoms with Gasteiger partial charge in [0.2, 0.25) is 11.8 Å². The molecular weight excluding hydrogens is 388 g/mol. The highest BCUT2D eigenvalue weighted by molar-refractivity contribution is 6.04. The molecule has 0 saturated heterocycles. The number of allylic oxidation sites excluding steroid dienone is 1. The van der Waals surface area contributed by atoms with Gasteiger partial charge in [-0.1, -0.05) is 76.1 Å². The van der Waals surface area contributed by atoms with E-state index < -0.39 is 17.9 Å². The third kappa shape index (κ3) is 11.5. The molecule has 2 N–H and O–H groups in total. The van der Waals surface area contributed by atoms with E-state index in [0.29, 0.717) is 12.0 Å². The third-order valence-electron chi connectivity index (χ3n) is 5.05. The van der Waals surface area contributed by atoms with Crippen molar-refractivity contribution in [3.05, 3.63) is 47.0 Å². The molecule has 0 bridgehead atoms. The van der Waals surface area contributed by atoms with Crippen molar-refractivity contribution >= 4 is 17.7 Å². The number of rotatable bonds is 13. The first-order valence-corrected chi connectivity index (χ1v) is 11.6. The number of hydrogen-bond acceptors (Lipinski definition) is 3. The summed E-state index contributed by atoms with van der Waals surface area (Å²) in [7, 11) is 0. The third-order valence-corrected chi connectivity index (χ3v) is 5.05. The first-order chi connectivity index (χ1) is 14.7. The van der Waals surface area contributed by atoms with Crippen molar-refractivity contribution < 1.29 is 14.4 Å². The Hall–Kier alpha value is -2.43. The Morgan fingerprint density at radius 3 is 2.16 bits per heavy atom. The summed E-state index contributed by atoms with van der Waals surface area (Å²) in [5.41, 5.74) is 2.49. The van der Waals surface area contributed by atoms with E-state index in [1.807, 2.05) is 39.8 Å². The molecule has 1 aromatic carbocycles. The van der Waals surface area contributed by atoms with Crippen LogP contribution in [0, 0.1) is 19.8 Å². The molecule has 0 saturated carbocycles. The van der Waals surface area contributed by atoms with Crippen molar-refractivity contribution in [1.82, 2.24) is 10.6 Å². The van der Waals surface area contributed by atoms with Crippen LogP contribution < -0.4 is 10.6 Å². The standard InChI is InChI=1S/C26H40N2O3/c1-6-7-8-9-10-11-12-13-14-24(29)28-26(31)23(15-19(2)3)27-25(30)22-17-20(4)16-21(5)18-22/h13-14,16-19,23H,6-12,15H2,1-5H3,(H,27,30)(H,28,29,31)/t23-/m0/s1. The Kier molecular flexibility index (Phi) is 12.5. The van der Waals surface area contributed by atoms with Crippen LogP contribution in [0.5, 0.6) is 0 Å². The topological polar surface area (TPSA) is 75.3 Å². The second-order valence-electron chi connectivity index (χ2n) is 8.84. The van der Waals surface area contributed by atoms with Gasteiger partial charge in [-0.25, -0.2) is 0 Å². The largest absolute Gasteiger partial charge is 0.340 e. The van der Waals surface area contributed by atoms with E-state index in [9.17, 15) is 14.4 Å². The fourth-order valence-corrected chi connectivity index (χ4v) is 3.53. The van der Waals surface area contributed by atoms with Crippen molar-refractivity contribution in [3.63, 3.8) is 0 Å². The Bertz CT molecular complexity index is 733. The highest BCUT2D eigenvalue weighted by Crippen LogP contribution is 2.11. The molecule has 0 spiro atoms. The van der Waals surface area contributed by atoms with Crippen LogP contribution in [0.2, 0.25) is 0 Å². The number of carbonyl (C=O) groups excluding carboxylic acids is 3. The molecule has 0 radical (unpaired) electrons. The zero-order valence-corrected chi connectivity index (χ0v) is 19.9. The van der Waals surface area contributed by atoms with E-state index in [1.54, 1.807) is 12.1 Å². The first kappa shape index (κ1) is 26.6. The van der Waals surface area contributed by atoms with Gasteiger partial charge >= 0.3 is 0 Å². The summed E-state index contributed by atoms with van der Waals surface area (Å²) in [5, 5.41) is 5.20. The summed E-state index contributed by atoms with van der Waals surface area (Å²) >= 11 is 0. The molecule has 0 unspecified atom stereocenters. The van der Waals surface area contributed by atoms with Gasteiger partial charge in [0.1, 0.15) is 6.04 Å². The number of imide groups is 1. The van der Waals surface area contributed by atoms with E-state index in [4.69, 9.17) is 0 Å². The van der Waals surface area contributed by atoms with Gasteiger partial charge in [-0.2, -0.15) is 0 Å². The first-order valence-electron chi connectivity index (χ1n) is 11.6. The number of carbonyl (C=O) groups is 3. The summed E-state index contributed by atoms with van der Waals surface area (Å²) in [5.74, 6) is -1.03. The normalized spacial score (nSPS) is 12.2. The molecule has 172 valence electrons. The predicted octanol–water partition coefficient (Wildman–Crippen LogP) is 5.40. The molecule has 5 nitrogen and oxygen atoms in total. The number of benzene rings is 1. The van der Waals surface area contributed by atoms with Crippen LogP contribution in [0.3, 0.4) is 0 Å². The fourth-order valence-electron chi connectivity index (χ4n) is 3.53. The zero-order valence-electron chi connectivity index (χ0n) is 19.9. The lowest BCUT2D eigenvalue weighted by molar-refractivity contribution is -0.129. The lowest BCUT2D eigenvalue weighted by atomic mass is 10.0. The van der Waals surface area contributed by atoms with Crippen LogP contribution in [0.1, 0.15) is 93.6 Å². The van der Waals surface area contributed by atoms with Gasteiger partial charge in [-0.3, -0.25) is 19.7 Å². The molecule has 0 aliphatic heterocycles. The molecule has 1 rings (SSSR count). The van der Waals surface area contributed by atoms with E-state index in [2.05, 4.69) is 17.6 Å². The lowest BCUT2D eigenvalue weighted by Gasteiger charge is -2.19. The molecule has 0 fully saturated rings. The molecule has 31 heavy (non-hydrogen) atoms. The molecule has 0 aliphatic rings. The Morgan fingerprint density at radius 2 is 1.55 bits per heavy atom. The average Bonchev–Trinajstić information content (AvgIpc) is 2.68. The number of amides is 3. The van der Waals surface area contributed by atoms with Crippen LogP contribution in [0.25, 0.3) is 0 Å². The summed E-state index contributed by atoms with van der Waals surface area (Å²) in [6, 6.07) is 4.82. The van der Waals surface area contributed by atoms with Crippen molar-refractivity contribution in [2.75, 3.05) is 0 Å². The maximum absolute atomic E-state index is 12.7. The molecule has 1 aromatic rings. The van der Waals surface area contributed by atoms with Crippen molar-refractivity contribution in [2.45, 2.75) is 92.0 Å². The van der Waals surface area contributed by atoms with Crippen molar-refractivity contribution in [1.29, 1.82) is 0 Å². The number of hydrogen-bond donors (Lipinski definition) is 2.